The van der Waals surface area contributed by atoms with Gasteiger partial charge in [-0.25, -0.2) is 14.4 Å². The molecule has 0 aliphatic heterocycles. The van der Waals surface area contributed by atoms with Gasteiger partial charge in [0.25, 0.3) is 0 Å². The lowest BCUT2D eigenvalue weighted by atomic mass is 10.0. The van der Waals surface area contributed by atoms with Crippen LogP contribution in [-0.4, -0.2) is 44.2 Å². The number of hydrogen-bond donors (Lipinski definition) is 2. The molecule has 1 aromatic carbocycles. The van der Waals surface area contributed by atoms with Crippen LogP contribution in [0.5, 0.6) is 0 Å². The van der Waals surface area contributed by atoms with E-state index in [-0.39, 0.29) is 5.52 Å². The summed E-state index contributed by atoms with van der Waals surface area (Å²) in [7, 11) is 3.89. The van der Waals surface area contributed by atoms with Gasteiger partial charge in [0.1, 0.15) is 11.2 Å². The number of nitrogens with one attached hydrogen (secondary N) is 2. The highest BCUT2D eigenvalue weighted by molar-refractivity contribution is 7.15. The number of H-pyrrole nitrogens is 2. The summed E-state index contributed by atoms with van der Waals surface area (Å²) in [6, 6.07) is 11.5. The summed E-state index contributed by atoms with van der Waals surface area (Å²) in [5, 5.41) is 7.83. The Labute approximate surface area is 198 Å². The molecule has 2 N–H and O–H groups in total. The minimum atomic E-state index is -0.408. The van der Waals surface area contributed by atoms with Crippen molar-refractivity contribution >= 4 is 39.1 Å². The maximum Gasteiger partial charge on any atom is 0.178 e. The van der Waals surface area contributed by atoms with E-state index < -0.39 is 5.82 Å². The van der Waals surface area contributed by atoms with Gasteiger partial charge < -0.3 is 9.88 Å². The number of thiophene rings is 1. The van der Waals surface area contributed by atoms with Gasteiger partial charge in [-0.05, 0) is 48.9 Å². The maximum absolute atomic E-state index is 15.1. The van der Waals surface area contributed by atoms with Gasteiger partial charge in [0.2, 0.25) is 0 Å². The molecule has 5 aromatic heterocycles. The first-order chi connectivity index (χ1) is 16.5. The minimum absolute atomic E-state index is 0.262. The maximum atomic E-state index is 15.1. The molecule has 9 heteroatoms. The molecule has 0 unspecified atom stereocenters. The predicted octanol–water partition coefficient (Wildman–Crippen LogP) is 5.81. The van der Waals surface area contributed by atoms with Crippen molar-refractivity contribution in [3.05, 3.63) is 65.7 Å². The van der Waals surface area contributed by atoms with Gasteiger partial charge in [-0.2, -0.15) is 5.10 Å². The Hall–Kier alpha value is -4.11. The molecule has 0 amide bonds. The van der Waals surface area contributed by atoms with E-state index in [4.69, 9.17) is 4.98 Å². The Morgan fingerprint density at radius 1 is 1.03 bits per heavy atom. The van der Waals surface area contributed by atoms with Gasteiger partial charge in [0, 0.05) is 52.8 Å². The van der Waals surface area contributed by atoms with E-state index in [9.17, 15) is 0 Å². The number of nitrogens with zero attached hydrogens (tertiary/aromatic N) is 5. The summed E-state index contributed by atoms with van der Waals surface area (Å²) in [4.78, 5) is 21.2. The molecule has 168 valence electrons. The highest BCUT2D eigenvalue weighted by atomic mass is 32.1. The summed E-state index contributed by atoms with van der Waals surface area (Å²) < 4.78 is 15.1. The number of halogens is 1. The number of imidazole rings is 1. The number of aromatic nitrogens is 6. The van der Waals surface area contributed by atoms with E-state index in [1.165, 1.54) is 10.9 Å². The number of fused-ring (bicyclic) bond motifs is 2. The fourth-order valence-electron chi connectivity index (χ4n) is 4.07. The van der Waals surface area contributed by atoms with Crippen molar-refractivity contribution in [1.29, 1.82) is 0 Å². The van der Waals surface area contributed by atoms with Crippen LogP contribution in [0.4, 0.5) is 10.1 Å². The van der Waals surface area contributed by atoms with Crippen LogP contribution in [0.1, 0.15) is 4.88 Å². The summed E-state index contributed by atoms with van der Waals surface area (Å²) in [5.74, 6) is 0.150. The van der Waals surface area contributed by atoms with Crippen molar-refractivity contribution in [3.8, 4) is 33.1 Å². The molecule has 6 rings (SSSR count). The number of rotatable bonds is 4. The Kier molecular flexibility index (Phi) is 4.66. The molecular weight excluding hydrogens is 449 g/mol. The molecule has 0 saturated carbocycles. The van der Waals surface area contributed by atoms with Gasteiger partial charge in [-0.1, -0.05) is 0 Å². The van der Waals surface area contributed by atoms with Crippen molar-refractivity contribution in [2.75, 3.05) is 19.0 Å². The lowest BCUT2D eigenvalue weighted by molar-refractivity contribution is 0.636. The minimum Gasteiger partial charge on any atom is -0.376 e. The zero-order valence-corrected chi connectivity index (χ0v) is 19.5. The SMILES string of the molecule is Cc1ccc(-c2ccnc3nc(-c4[nH]nc5c(F)cc(-c6cncc(N(C)C)c6)cc45)[nH]c23)s1. The zero-order valence-electron chi connectivity index (χ0n) is 18.7. The quantitative estimate of drug-likeness (QED) is 0.340. The first-order valence-corrected chi connectivity index (χ1v) is 11.5. The highest BCUT2D eigenvalue weighted by Crippen LogP contribution is 2.35. The van der Waals surface area contributed by atoms with Gasteiger partial charge in [0.05, 0.1) is 17.4 Å². The number of hydrogen-bond acceptors (Lipinski definition) is 6. The second kappa shape index (κ2) is 7.74. The van der Waals surface area contributed by atoms with E-state index in [1.54, 1.807) is 29.9 Å². The number of aromatic amines is 2. The normalized spacial score (nSPS) is 11.5. The molecule has 6 aromatic rings. The largest absolute Gasteiger partial charge is 0.376 e. The van der Waals surface area contributed by atoms with E-state index >= 15 is 4.39 Å². The Morgan fingerprint density at radius 2 is 1.91 bits per heavy atom. The van der Waals surface area contributed by atoms with Gasteiger partial charge in [-0.3, -0.25) is 10.1 Å². The summed E-state index contributed by atoms with van der Waals surface area (Å²) in [6.45, 7) is 2.08. The van der Waals surface area contributed by atoms with Gasteiger partial charge in [-0.15, -0.1) is 11.3 Å². The molecule has 0 fully saturated rings. The van der Waals surface area contributed by atoms with E-state index in [0.717, 1.165) is 27.2 Å². The molecule has 0 radical (unpaired) electrons. The van der Waals surface area contributed by atoms with Crippen molar-refractivity contribution in [2.24, 2.45) is 0 Å². The topological polar surface area (TPSA) is 86.4 Å². The Balaban J connectivity index is 1.51. The molecule has 7 nitrogen and oxygen atoms in total. The fourth-order valence-corrected chi connectivity index (χ4v) is 4.97. The first-order valence-electron chi connectivity index (χ1n) is 10.7. The highest BCUT2D eigenvalue weighted by Gasteiger charge is 2.18. The second-order valence-corrected chi connectivity index (χ2v) is 9.62. The lowest BCUT2D eigenvalue weighted by Gasteiger charge is -2.13. The third-order valence-electron chi connectivity index (χ3n) is 5.82. The van der Waals surface area contributed by atoms with E-state index in [1.807, 2.05) is 37.2 Å². The smallest absolute Gasteiger partial charge is 0.178 e. The number of benzene rings is 1. The van der Waals surface area contributed by atoms with Crippen LogP contribution in [-0.2, 0) is 0 Å². The van der Waals surface area contributed by atoms with E-state index in [2.05, 4.69) is 44.2 Å². The summed E-state index contributed by atoms with van der Waals surface area (Å²) >= 11 is 1.71. The molecule has 0 bridgehead atoms. The molecule has 0 saturated heterocycles. The van der Waals surface area contributed by atoms with E-state index in [0.29, 0.717) is 28.1 Å². The number of pyridine rings is 2. The average Bonchev–Trinajstić information content (AvgIpc) is 3.56. The van der Waals surface area contributed by atoms with Crippen LogP contribution in [0, 0.1) is 12.7 Å². The summed E-state index contributed by atoms with van der Waals surface area (Å²) in [5.41, 5.74) is 5.81. The fraction of sp³-hybridized carbons (Fsp3) is 0.120. The van der Waals surface area contributed by atoms with Crippen LogP contribution in [0.3, 0.4) is 0 Å². The molecular formula is C25H20FN7S. The van der Waals surface area contributed by atoms with Gasteiger partial charge >= 0.3 is 0 Å². The third kappa shape index (κ3) is 3.32. The van der Waals surface area contributed by atoms with Crippen LogP contribution in [0.2, 0.25) is 0 Å². The van der Waals surface area contributed by atoms with Crippen molar-refractivity contribution < 1.29 is 4.39 Å². The molecule has 0 aliphatic rings. The van der Waals surface area contributed by atoms with Crippen LogP contribution >= 0.6 is 11.3 Å². The zero-order chi connectivity index (χ0) is 23.4. The second-order valence-electron chi connectivity index (χ2n) is 8.33. The molecule has 34 heavy (non-hydrogen) atoms. The number of aryl methyl sites for hydroxylation is 1. The third-order valence-corrected chi connectivity index (χ3v) is 6.85. The molecule has 0 atom stereocenters. The first kappa shape index (κ1) is 20.5. The summed E-state index contributed by atoms with van der Waals surface area (Å²) in [6.07, 6.45) is 5.26. The Bertz CT molecular complexity index is 1680. The van der Waals surface area contributed by atoms with Crippen LogP contribution < -0.4 is 4.90 Å². The lowest BCUT2D eigenvalue weighted by Crippen LogP contribution is -2.08. The predicted molar refractivity (Wildman–Crippen MR) is 135 cm³/mol. The van der Waals surface area contributed by atoms with Crippen LogP contribution in [0.25, 0.3) is 55.2 Å². The standard InChI is InChI=1S/C25H20FN7S/c1-13-4-5-20(34-13)17-6-7-28-24-22(17)29-25(30-24)23-18-9-14(10-19(26)21(18)31-32-23)15-8-16(33(2)3)12-27-11-15/h4-12H,1-3H3,(H,31,32)(H,28,29,30). The average molecular weight is 470 g/mol. The molecule has 0 aliphatic carbocycles. The van der Waals surface area contributed by atoms with Gasteiger partial charge in [0.15, 0.2) is 17.3 Å². The molecule has 5 heterocycles. The number of anilines is 1. The Morgan fingerprint density at radius 3 is 2.71 bits per heavy atom. The van der Waals surface area contributed by atoms with Crippen molar-refractivity contribution in [2.45, 2.75) is 6.92 Å². The van der Waals surface area contributed by atoms with Crippen LogP contribution in [0.15, 0.2) is 55.0 Å². The van der Waals surface area contributed by atoms with Crippen molar-refractivity contribution in [1.82, 2.24) is 30.1 Å². The molecule has 0 spiro atoms. The monoisotopic (exact) mass is 469 g/mol. The van der Waals surface area contributed by atoms with Crippen molar-refractivity contribution in [3.63, 3.8) is 0 Å².